The van der Waals surface area contributed by atoms with Gasteiger partial charge in [0.25, 0.3) is 0 Å². The van der Waals surface area contributed by atoms with E-state index in [4.69, 9.17) is 4.74 Å². The molecule has 8 heteroatoms. The number of carbonyl (C=O) groups excluding carboxylic acids is 2. The minimum absolute atomic E-state index is 0.0118. The molecule has 1 heterocycles. The highest BCUT2D eigenvalue weighted by Gasteiger charge is 2.29. The summed E-state index contributed by atoms with van der Waals surface area (Å²) in [7, 11) is 3.48. The van der Waals surface area contributed by atoms with Crippen molar-refractivity contribution < 1.29 is 14.3 Å². The van der Waals surface area contributed by atoms with Crippen LogP contribution in [0, 0.1) is 0 Å². The van der Waals surface area contributed by atoms with Gasteiger partial charge in [-0.2, -0.15) is 0 Å². The van der Waals surface area contributed by atoms with Crippen LogP contribution in [0.2, 0.25) is 0 Å². The number of likely N-dealkylation sites (N-methyl/N-ethyl adjacent to an activating group) is 1. The number of amides is 2. The minimum Gasteiger partial charge on any atom is -0.444 e. The van der Waals surface area contributed by atoms with Crippen molar-refractivity contribution in [3.8, 4) is 0 Å². The monoisotopic (exact) mass is 395 g/mol. The lowest BCUT2D eigenvalue weighted by Gasteiger charge is -2.29. The minimum atomic E-state index is -0.510. The number of aliphatic imine (C=N–C) groups is 1. The Balaban J connectivity index is 1.97. The fourth-order valence-electron chi connectivity index (χ4n) is 3.50. The molecule has 2 N–H and O–H groups in total. The van der Waals surface area contributed by atoms with Crippen LogP contribution in [0.4, 0.5) is 4.79 Å². The van der Waals surface area contributed by atoms with E-state index in [9.17, 15) is 9.59 Å². The van der Waals surface area contributed by atoms with Gasteiger partial charge in [-0.1, -0.05) is 19.3 Å². The van der Waals surface area contributed by atoms with E-state index in [0.29, 0.717) is 12.6 Å². The first kappa shape index (κ1) is 22.3. The Kier molecular flexibility index (Phi) is 7.95. The molecule has 2 fully saturated rings. The number of nitrogens with zero attached hydrogens (tertiary/aromatic N) is 3. The molecular weight excluding hydrogens is 358 g/mol. The predicted octanol–water partition coefficient (Wildman–Crippen LogP) is 1.95. The zero-order chi connectivity index (χ0) is 20.7. The van der Waals surface area contributed by atoms with Crippen molar-refractivity contribution in [2.45, 2.75) is 77.0 Å². The Hall–Kier alpha value is -1.99. The molecule has 160 valence electrons. The first-order valence-corrected chi connectivity index (χ1v) is 10.4. The van der Waals surface area contributed by atoms with Crippen molar-refractivity contribution in [1.29, 1.82) is 0 Å². The number of hydrogen-bond acceptors (Lipinski definition) is 4. The smallest absolute Gasteiger partial charge is 0.407 e. The fraction of sp³-hybridized carbons (Fsp3) is 0.850. The van der Waals surface area contributed by atoms with Crippen molar-refractivity contribution in [1.82, 2.24) is 20.4 Å². The van der Waals surface area contributed by atoms with Gasteiger partial charge in [-0.15, -0.1) is 0 Å². The lowest BCUT2D eigenvalue weighted by molar-refractivity contribution is -0.127. The van der Waals surface area contributed by atoms with Crippen LogP contribution in [0.3, 0.4) is 0 Å². The van der Waals surface area contributed by atoms with E-state index >= 15 is 0 Å². The number of ether oxygens (including phenoxy) is 1. The molecule has 0 radical (unpaired) electrons. The Bertz CT molecular complexity index is 565. The Morgan fingerprint density at radius 1 is 1.07 bits per heavy atom. The number of alkyl carbamates (subject to hydrolysis) is 1. The van der Waals surface area contributed by atoms with Gasteiger partial charge in [-0.05, 0) is 40.0 Å². The molecule has 1 aliphatic heterocycles. The van der Waals surface area contributed by atoms with E-state index in [1.807, 2.05) is 20.8 Å². The Morgan fingerprint density at radius 2 is 1.75 bits per heavy atom. The molecule has 0 spiro atoms. The van der Waals surface area contributed by atoms with Crippen LogP contribution >= 0.6 is 0 Å². The van der Waals surface area contributed by atoms with Crippen LogP contribution in [-0.4, -0.2) is 79.2 Å². The van der Waals surface area contributed by atoms with Crippen LogP contribution in [0.15, 0.2) is 4.99 Å². The molecule has 2 amide bonds. The summed E-state index contributed by atoms with van der Waals surface area (Å²) in [4.78, 5) is 32.3. The third kappa shape index (κ3) is 7.56. The molecule has 1 saturated heterocycles. The quantitative estimate of drug-likeness (QED) is 0.561. The maximum Gasteiger partial charge on any atom is 0.407 e. The van der Waals surface area contributed by atoms with Crippen molar-refractivity contribution in [3.05, 3.63) is 0 Å². The molecule has 28 heavy (non-hydrogen) atoms. The summed E-state index contributed by atoms with van der Waals surface area (Å²) in [5.41, 5.74) is -0.510. The van der Waals surface area contributed by atoms with Gasteiger partial charge in [0, 0.05) is 33.2 Å². The zero-order valence-electron chi connectivity index (χ0n) is 18.1. The fourth-order valence-corrected chi connectivity index (χ4v) is 3.50. The molecular formula is C20H37N5O3. The number of likely N-dealkylation sites (tertiary alicyclic amines) is 1. The van der Waals surface area contributed by atoms with Crippen LogP contribution in [0.1, 0.15) is 59.3 Å². The summed E-state index contributed by atoms with van der Waals surface area (Å²) in [5.74, 6) is 0.751. The second kappa shape index (κ2) is 9.98. The highest BCUT2D eigenvalue weighted by molar-refractivity contribution is 5.85. The third-order valence-corrected chi connectivity index (χ3v) is 5.01. The van der Waals surface area contributed by atoms with Gasteiger partial charge < -0.3 is 25.2 Å². The van der Waals surface area contributed by atoms with Crippen molar-refractivity contribution in [2.24, 2.45) is 4.99 Å². The largest absolute Gasteiger partial charge is 0.444 e. The molecule has 1 aliphatic carbocycles. The lowest BCUT2D eigenvalue weighted by Crippen LogP contribution is -2.48. The Morgan fingerprint density at radius 3 is 2.36 bits per heavy atom. The molecule has 0 aromatic heterocycles. The highest BCUT2D eigenvalue weighted by Crippen LogP contribution is 2.19. The van der Waals surface area contributed by atoms with Gasteiger partial charge in [0.15, 0.2) is 5.96 Å². The van der Waals surface area contributed by atoms with E-state index in [1.165, 1.54) is 19.3 Å². The number of nitrogens with one attached hydrogen (secondary N) is 2. The molecule has 2 aliphatic rings. The van der Waals surface area contributed by atoms with Gasteiger partial charge >= 0.3 is 6.09 Å². The van der Waals surface area contributed by atoms with Gasteiger partial charge in [0.05, 0.1) is 6.04 Å². The van der Waals surface area contributed by atoms with Crippen molar-refractivity contribution in [3.63, 3.8) is 0 Å². The van der Waals surface area contributed by atoms with E-state index in [0.717, 1.165) is 31.8 Å². The predicted molar refractivity (Wildman–Crippen MR) is 110 cm³/mol. The van der Waals surface area contributed by atoms with Crippen molar-refractivity contribution in [2.75, 3.05) is 33.7 Å². The normalized spacial score (nSPS) is 21.4. The van der Waals surface area contributed by atoms with Crippen LogP contribution in [0.25, 0.3) is 0 Å². The first-order chi connectivity index (χ1) is 13.1. The second-order valence-corrected chi connectivity index (χ2v) is 8.99. The van der Waals surface area contributed by atoms with Crippen molar-refractivity contribution >= 4 is 18.0 Å². The maximum absolute atomic E-state index is 12.1. The summed E-state index contributed by atoms with van der Waals surface area (Å²) in [5, 5.41) is 6.51. The average Bonchev–Trinajstić information content (AvgIpc) is 3.05. The zero-order valence-corrected chi connectivity index (χ0v) is 18.1. The third-order valence-electron chi connectivity index (χ3n) is 5.01. The maximum atomic E-state index is 12.1. The summed E-state index contributed by atoms with van der Waals surface area (Å²) in [6.07, 6.45) is 6.44. The topological polar surface area (TPSA) is 86.3 Å². The number of carbonyl (C=O) groups is 2. The van der Waals surface area contributed by atoms with Gasteiger partial charge in [0.2, 0.25) is 5.91 Å². The van der Waals surface area contributed by atoms with Crippen LogP contribution in [-0.2, 0) is 9.53 Å². The molecule has 1 unspecified atom stereocenters. The van der Waals surface area contributed by atoms with Gasteiger partial charge in [-0.3, -0.25) is 4.79 Å². The first-order valence-electron chi connectivity index (χ1n) is 10.4. The summed E-state index contributed by atoms with van der Waals surface area (Å²) in [6, 6.07) is 0.414. The van der Waals surface area contributed by atoms with E-state index < -0.39 is 5.60 Å². The van der Waals surface area contributed by atoms with E-state index in [-0.39, 0.29) is 24.6 Å². The number of hydrogen-bond donors (Lipinski definition) is 2. The number of guanidine groups is 1. The van der Waals surface area contributed by atoms with E-state index in [2.05, 4.69) is 20.5 Å². The van der Waals surface area contributed by atoms with E-state index in [1.54, 1.807) is 19.0 Å². The SMILES string of the molecule is CN(C)C(=O)CN=C(NC1CCCCC1)N1CCC(NC(=O)OC(C)(C)C)C1. The summed E-state index contributed by atoms with van der Waals surface area (Å²) >= 11 is 0. The molecule has 1 saturated carbocycles. The van der Waals surface area contributed by atoms with Gasteiger partial charge in [-0.25, -0.2) is 9.79 Å². The van der Waals surface area contributed by atoms with Gasteiger partial charge in [0.1, 0.15) is 12.1 Å². The summed E-state index contributed by atoms with van der Waals surface area (Å²) < 4.78 is 5.36. The molecule has 0 aromatic carbocycles. The van der Waals surface area contributed by atoms with Crippen LogP contribution in [0.5, 0.6) is 0 Å². The molecule has 2 rings (SSSR count). The number of rotatable bonds is 4. The molecule has 8 nitrogen and oxygen atoms in total. The standard InChI is InChI=1S/C20H37N5O3/c1-20(2,3)28-19(27)23-16-11-12-25(14-16)18(21-13-17(26)24(4)5)22-15-9-7-6-8-10-15/h15-16H,6-14H2,1-5H3,(H,21,22)(H,23,27). The van der Waals surface area contributed by atoms with Crippen LogP contribution < -0.4 is 10.6 Å². The Labute approximate surface area is 169 Å². The highest BCUT2D eigenvalue weighted by atomic mass is 16.6. The molecule has 1 atom stereocenters. The molecule has 0 aromatic rings. The average molecular weight is 396 g/mol. The molecule has 0 bridgehead atoms. The second-order valence-electron chi connectivity index (χ2n) is 8.99. The lowest BCUT2D eigenvalue weighted by atomic mass is 9.96. The summed E-state index contributed by atoms with van der Waals surface area (Å²) in [6.45, 7) is 7.14.